The van der Waals surface area contributed by atoms with Gasteiger partial charge in [-0.2, -0.15) is 0 Å². The van der Waals surface area contributed by atoms with Crippen LogP contribution in [0.5, 0.6) is 5.75 Å². The van der Waals surface area contributed by atoms with Crippen molar-refractivity contribution in [2.45, 2.75) is 25.9 Å². The maximum atomic E-state index is 12.7. The molecule has 124 valence electrons. The normalized spacial score (nSPS) is 10.7. The van der Waals surface area contributed by atoms with Gasteiger partial charge in [-0.15, -0.1) is 11.3 Å². The SMILES string of the molecule is O=C(CCc1cccs1)N(Cc1ccc(O)cc1)Cc1ccco1. The molecule has 0 spiro atoms. The zero-order chi connectivity index (χ0) is 16.8. The van der Waals surface area contributed by atoms with E-state index in [-0.39, 0.29) is 11.7 Å². The van der Waals surface area contributed by atoms with Crippen molar-refractivity contribution < 1.29 is 14.3 Å². The molecule has 0 fully saturated rings. The van der Waals surface area contributed by atoms with E-state index in [4.69, 9.17) is 4.42 Å². The van der Waals surface area contributed by atoms with Gasteiger partial charge in [-0.25, -0.2) is 0 Å². The van der Waals surface area contributed by atoms with Crippen molar-refractivity contribution in [1.82, 2.24) is 4.90 Å². The van der Waals surface area contributed by atoms with Crippen LogP contribution in [0.3, 0.4) is 0 Å². The lowest BCUT2D eigenvalue weighted by atomic mass is 10.1. The third-order valence-corrected chi connectivity index (χ3v) is 4.69. The summed E-state index contributed by atoms with van der Waals surface area (Å²) in [6.07, 6.45) is 2.84. The average molecular weight is 341 g/mol. The van der Waals surface area contributed by atoms with Crippen LogP contribution < -0.4 is 0 Å². The molecule has 24 heavy (non-hydrogen) atoms. The first-order valence-electron chi connectivity index (χ1n) is 7.81. The number of phenolic OH excluding ortho intramolecular Hbond substituents is 1. The molecule has 5 heteroatoms. The molecule has 4 nitrogen and oxygen atoms in total. The molecule has 2 heterocycles. The molecule has 1 aromatic carbocycles. The minimum absolute atomic E-state index is 0.0906. The molecule has 0 aliphatic carbocycles. The van der Waals surface area contributed by atoms with E-state index in [1.54, 1.807) is 34.6 Å². The molecule has 3 aromatic rings. The highest BCUT2D eigenvalue weighted by atomic mass is 32.1. The zero-order valence-electron chi connectivity index (χ0n) is 13.2. The zero-order valence-corrected chi connectivity index (χ0v) is 14.0. The van der Waals surface area contributed by atoms with Gasteiger partial charge in [0.05, 0.1) is 12.8 Å². The van der Waals surface area contributed by atoms with Crippen molar-refractivity contribution >= 4 is 17.2 Å². The maximum absolute atomic E-state index is 12.7. The Balaban J connectivity index is 1.68. The highest BCUT2D eigenvalue weighted by Gasteiger charge is 2.16. The fourth-order valence-corrected chi connectivity index (χ4v) is 3.20. The predicted molar refractivity (Wildman–Crippen MR) is 93.7 cm³/mol. The van der Waals surface area contributed by atoms with E-state index in [0.29, 0.717) is 19.5 Å². The minimum atomic E-state index is 0.0906. The number of carbonyl (C=O) groups excluding carboxylic acids is 1. The molecule has 0 saturated heterocycles. The van der Waals surface area contributed by atoms with Crippen LogP contribution >= 0.6 is 11.3 Å². The van der Waals surface area contributed by atoms with Crippen LogP contribution in [0, 0.1) is 0 Å². The van der Waals surface area contributed by atoms with Gasteiger partial charge in [0, 0.05) is 17.8 Å². The molecule has 3 rings (SSSR count). The third kappa shape index (κ3) is 4.49. The van der Waals surface area contributed by atoms with E-state index in [0.717, 1.165) is 17.7 Å². The van der Waals surface area contributed by atoms with Crippen molar-refractivity contribution in [3.05, 3.63) is 76.4 Å². The molecule has 0 saturated carbocycles. The molecule has 0 unspecified atom stereocenters. The van der Waals surface area contributed by atoms with Gasteiger partial charge in [0.15, 0.2) is 0 Å². The number of hydrogen-bond acceptors (Lipinski definition) is 4. The van der Waals surface area contributed by atoms with Gasteiger partial charge < -0.3 is 14.4 Å². The first-order chi connectivity index (χ1) is 11.7. The Morgan fingerprint density at radius 3 is 2.58 bits per heavy atom. The van der Waals surface area contributed by atoms with Gasteiger partial charge in [-0.1, -0.05) is 18.2 Å². The van der Waals surface area contributed by atoms with Gasteiger partial charge in [-0.05, 0) is 47.7 Å². The van der Waals surface area contributed by atoms with Gasteiger partial charge in [0.25, 0.3) is 0 Å². The molecule has 0 radical (unpaired) electrons. The Morgan fingerprint density at radius 1 is 1.08 bits per heavy atom. The first-order valence-corrected chi connectivity index (χ1v) is 8.69. The summed E-state index contributed by atoms with van der Waals surface area (Å²) < 4.78 is 5.39. The number of rotatable bonds is 7. The number of furan rings is 1. The molecule has 1 N–H and O–H groups in total. The largest absolute Gasteiger partial charge is 0.508 e. The second-order valence-electron chi connectivity index (χ2n) is 5.57. The lowest BCUT2D eigenvalue weighted by molar-refractivity contribution is -0.132. The number of aryl methyl sites for hydroxylation is 1. The number of amides is 1. The van der Waals surface area contributed by atoms with Crippen molar-refractivity contribution in [1.29, 1.82) is 0 Å². The smallest absolute Gasteiger partial charge is 0.223 e. The lowest BCUT2D eigenvalue weighted by Crippen LogP contribution is -2.30. The Hall–Kier alpha value is -2.53. The molecule has 0 aliphatic rings. The van der Waals surface area contributed by atoms with Crippen LogP contribution in [0.2, 0.25) is 0 Å². The Bertz CT molecular complexity index is 749. The fraction of sp³-hybridized carbons (Fsp3) is 0.211. The number of aromatic hydroxyl groups is 1. The van der Waals surface area contributed by atoms with E-state index in [9.17, 15) is 9.90 Å². The van der Waals surface area contributed by atoms with Crippen molar-refractivity contribution in [2.75, 3.05) is 0 Å². The average Bonchev–Trinajstić information content (AvgIpc) is 3.27. The standard InChI is InChI=1S/C19H19NO3S/c21-16-7-5-15(6-8-16)13-20(14-17-3-1-11-23-17)19(22)10-9-18-4-2-12-24-18/h1-8,11-12,21H,9-10,13-14H2. The van der Waals surface area contributed by atoms with Crippen LogP contribution in [0.1, 0.15) is 22.6 Å². The quantitative estimate of drug-likeness (QED) is 0.700. The Labute approximate surface area is 145 Å². The van der Waals surface area contributed by atoms with Crippen LogP contribution in [-0.2, 0) is 24.3 Å². The summed E-state index contributed by atoms with van der Waals surface area (Å²) in [6, 6.07) is 14.7. The minimum Gasteiger partial charge on any atom is -0.508 e. The third-order valence-electron chi connectivity index (χ3n) is 3.75. The lowest BCUT2D eigenvalue weighted by Gasteiger charge is -2.22. The summed E-state index contributed by atoms with van der Waals surface area (Å²) in [5.74, 6) is 1.08. The summed E-state index contributed by atoms with van der Waals surface area (Å²) in [4.78, 5) is 15.7. The van der Waals surface area contributed by atoms with Crippen molar-refractivity contribution in [3.8, 4) is 5.75 Å². The molecular weight excluding hydrogens is 322 g/mol. The Kier molecular flexibility index (Phi) is 5.33. The number of benzene rings is 1. The molecule has 1 amide bonds. The highest BCUT2D eigenvalue weighted by molar-refractivity contribution is 7.09. The van der Waals surface area contributed by atoms with Crippen LogP contribution in [0.4, 0.5) is 0 Å². The van der Waals surface area contributed by atoms with Crippen LogP contribution in [0.15, 0.2) is 64.6 Å². The summed E-state index contributed by atoms with van der Waals surface area (Å²) in [7, 11) is 0. The maximum Gasteiger partial charge on any atom is 0.223 e. The molecular formula is C19H19NO3S. The molecule has 0 aliphatic heterocycles. The number of phenols is 1. The summed E-state index contributed by atoms with van der Waals surface area (Å²) >= 11 is 1.67. The second-order valence-corrected chi connectivity index (χ2v) is 6.61. The van der Waals surface area contributed by atoms with E-state index in [2.05, 4.69) is 6.07 Å². The van der Waals surface area contributed by atoms with Crippen molar-refractivity contribution in [2.24, 2.45) is 0 Å². The molecule has 0 atom stereocenters. The number of nitrogens with zero attached hydrogens (tertiary/aromatic N) is 1. The highest BCUT2D eigenvalue weighted by Crippen LogP contribution is 2.17. The molecule has 2 aromatic heterocycles. The van der Waals surface area contributed by atoms with E-state index < -0.39 is 0 Å². The van der Waals surface area contributed by atoms with Crippen LogP contribution in [0.25, 0.3) is 0 Å². The number of carbonyl (C=O) groups is 1. The van der Waals surface area contributed by atoms with Gasteiger partial charge in [-0.3, -0.25) is 4.79 Å². The van der Waals surface area contributed by atoms with Gasteiger partial charge in [0.2, 0.25) is 5.91 Å². The second kappa shape index (κ2) is 7.84. The van der Waals surface area contributed by atoms with E-state index in [1.165, 1.54) is 4.88 Å². The predicted octanol–water partition coefficient (Wildman–Crippen LogP) is 4.21. The van der Waals surface area contributed by atoms with Gasteiger partial charge >= 0.3 is 0 Å². The molecule has 0 bridgehead atoms. The first kappa shape index (κ1) is 16.3. The van der Waals surface area contributed by atoms with E-state index >= 15 is 0 Å². The Morgan fingerprint density at radius 2 is 1.92 bits per heavy atom. The van der Waals surface area contributed by atoms with Gasteiger partial charge in [0.1, 0.15) is 11.5 Å². The number of hydrogen-bond donors (Lipinski definition) is 1. The number of thiophene rings is 1. The monoisotopic (exact) mass is 341 g/mol. The van der Waals surface area contributed by atoms with E-state index in [1.807, 2.05) is 35.7 Å². The fourth-order valence-electron chi connectivity index (χ4n) is 2.49. The topological polar surface area (TPSA) is 53.7 Å². The summed E-state index contributed by atoms with van der Waals surface area (Å²) in [6.45, 7) is 0.932. The summed E-state index contributed by atoms with van der Waals surface area (Å²) in [5.41, 5.74) is 0.976. The van der Waals surface area contributed by atoms with Crippen LogP contribution in [-0.4, -0.2) is 15.9 Å². The summed E-state index contributed by atoms with van der Waals surface area (Å²) in [5, 5.41) is 11.4. The van der Waals surface area contributed by atoms with Crippen molar-refractivity contribution in [3.63, 3.8) is 0 Å².